The molecule has 1 unspecified atom stereocenters. The fraction of sp³-hybridized carbons (Fsp3) is 0.421. The highest BCUT2D eigenvalue weighted by Crippen LogP contribution is 2.47. The lowest BCUT2D eigenvalue weighted by Crippen LogP contribution is -2.69. The van der Waals surface area contributed by atoms with Gasteiger partial charge in [0.25, 0.3) is 8.32 Å². The van der Waals surface area contributed by atoms with Crippen molar-refractivity contribution in [1.82, 2.24) is 0 Å². The van der Waals surface area contributed by atoms with Gasteiger partial charge in [0, 0.05) is 7.11 Å². The van der Waals surface area contributed by atoms with Crippen molar-refractivity contribution in [2.75, 3.05) is 20.3 Å². The van der Waals surface area contributed by atoms with Crippen LogP contribution in [0.25, 0.3) is 10.8 Å². The van der Waals surface area contributed by atoms with Crippen molar-refractivity contribution in [3.63, 3.8) is 0 Å². The van der Waals surface area contributed by atoms with Crippen LogP contribution in [0.1, 0.15) is 40.2 Å². The van der Waals surface area contributed by atoms with Crippen LogP contribution in [-0.4, -0.2) is 69.7 Å². The van der Waals surface area contributed by atoms with Gasteiger partial charge < -0.3 is 33.2 Å². The maximum atomic E-state index is 11.9. The van der Waals surface area contributed by atoms with Gasteiger partial charge in [-0.2, -0.15) is 0 Å². The maximum Gasteiger partial charge on any atom is 0.261 e. The van der Waals surface area contributed by atoms with E-state index >= 15 is 0 Å². The van der Waals surface area contributed by atoms with Gasteiger partial charge in [0.2, 0.25) is 0 Å². The van der Waals surface area contributed by atoms with Crippen LogP contribution < -0.4 is 10.4 Å². The van der Waals surface area contributed by atoms with E-state index in [1.807, 2.05) is 38.1 Å². The summed E-state index contributed by atoms with van der Waals surface area (Å²) in [5.41, 5.74) is -0.352. The van der Waals surface area contributed by atoms with Gasteiger partial charge in [-0.1, -0.05) is 118 Å². The normalized spacial score (nSPS) is 25.1. The van der Waals surface area contributed by atoms with Gasteiger partial charge in [0.15, 0.2) is 17.7 Å². The number of hydrogen-bond acceptors (Lipinski definition) is 7. The molecule has 0 saturated carbocycles. The first-order valence-electron chi connectivity index (χ1n) is 16.0. The fourth-order valence-corrected chi connectivity index (χ4v) is 11.7. The molecular formula is C38H46O7Si. The average Bonchev–Trinajstić information content (AvgIpc) is 3.49. The molecule has 5 atom stereocenters. The summed E-state index contributed by atoms with van der Waals surface area (Å²) in [6.45, 7) is 10.7. The van der Waals surface area contributed by atoms with E-state index in [1.54, 1.807) is 7.11 Å². The van der Waals surface area contributed by atoms with Gasteiger partial charge in [0.1, 0.15) is 18.3 Å². The zero-order chi connectivity index (χ0) is 32.6. The lowest BCUT2D eigenvalue weighted by atomic mass is 9.90. The SMILES string of the molecule is COCC(O)[C@]1(CO[Si](c2ccccc2)(c2ccccc2)C(C)(C)C)O[C@@H]2OC(C)(C)O[C@@H]2[C@@H]1OCc1ccc2ccccc2c1. The van der Waals surface area contributed by atoms with E-state index in [-0.39, 0.29) is 24.9 Å². The van der Waals surface area contributed by atoms with Gasteiger partial charge in [-0.3, -0.25) is 0 Å². The molecule has 2 heterocycles. The molecule has 2 aliphatic heterocycles. The van der Waals surface area contributed by atoms with Gasteiger partial charge in [-0.25, -0.2) is 0 Å². The average molecular weight is 643 g/mol. The number of benzene rings is 4. The number of ether oxygens (including phenoxy) is 5. The summed E-state index contributed by atoms with van der Waals surface area (Å²) in [5.74, 6) is -0.878. The predicted octanol–water partition coefficient (Wildman–Crippen LogP) is 5.56. The minimum atomic E-state index is -3.01. The van der Waals surface area contributed by atoms with E-state index in [0.717, 1.165) is 26.7 Å². The lowest BCUT2D eigenvalue weighted by molar-refractivity contribution is -0.273. The molecule has 8 heteroatoms. The molecular weight excluding hydrogens is 596 g/mol. The van der Waals surface area contributed by atoms with Crippen LogP contribution in [0.2, 0.25) is 5.04 Å². The highest BCUT2D eigenvalue weighted by molar-refractivity contribution is 6.99. The zero-order valence-corrected chi connectivity index (χ0v) is 28.6. The molecule has 0 spiro atoms. The summed E-state index contributed by atoms with van der Waals surface area (Å²) in [6, 6.07) is 35.4. The molecule has 2 saturated heterocycles. The van der Waals surface area contributed by atoms with Crippen LogP contribution in [0.5, 0.6) is 0 Å². The Balaban J connectivity index is 1.41. The molecule has 0 radical (unpaired) electrons. The van der Waals surface area contributed by atoms with E-state index in [1.165, 1.54) is 0 Å². The fourth-order valence-electron chi connectivity index (χ4n) is 7.13. The predicted molar refractivity (Wildman–Crippen MR) is 182 cm³/mol. The van der Waals surface area contributed by atoms with Crippen LogP contribution >= 0.6 is 0 Å². The standard InChI is InChI=1S/C38H46O7Si/c1-36(2,3)46(30-17-9-7-10-18-30,31-19-11-8-12-20-31)42-26-38(32(39)25-40-6)34(33-35(45-38)44-37(4,5)43-33)41-24-27-21-22-28-15-13-14-16-29(28)23-27/h7-23,32-35,39H,24-26H2,1-6H3/t32?,33-,34+,35+,38+/m1/s1. The van der Waals surface area contributed by atoms with Crippen molar-refractivity contribution in [2.24, 2.45) is 0 Å². The Morgan fingerprint density at radius 3 is 2.02 bits per heavy atom. The smallest absolute Gasteiger partial charge is 0.261 e. The van der Waals surface area contributed by atoms with Crippen LogP contribution in [-0.2, 0) is 34.7 Å². The monoisotopic (exact) mass is 642 g/mol. The quantitative estimate of drug-likeness (QED) is 0.215. The Labute approximate surface area is 273 Å². The molecule has 2 aliphatic rings. The van der Waals surface area contributed by atoms with Gasteiger partial charge in [-0.15, -0.1) is 0 Å². The Kier molecular flexibility index (Phi) is 9.28. The van der Waals surface area contributed by atoms with Crippen molar-refractivity contribution in [1.29, 1.82) is 0 Å². The van der Waals surface area contributed by atoms with E-state index < -0.39 is 44.3 Å². The van der Waals surface area contributed by atoms with E-state index in [4.69, 9.17) is 28.1 Å². The largest absolute Gasteiger partial charge is 0.404 e. The van der Waals surface area contributed by atoms with E-state index in [9.17, 15) is 5.11 Å². The second kappa shape index (κ2) is 12.9. The highest BCUT2D eigenvalue weighted by atomic mass is 28.4. The molecule has 4 aromatic rings. The first-order chi connectivity index (χ1) is 22.0. The van der Waals surface area contributed by atoms with Crippen molar-refractivity contribution in [2.45, 2.75) is 82.3 Å². The van der Waals surface area contributed by atoms with Crippen molar-refractivity contribution in [3.8, 4) is 0 Å². The third kappa shape index (κ3) is 6.09. The molecule has 0 amide bonds. The second-order valence-electron chi connectivity index (χ2n) is 13.9. The first kappa shape index (κ1) is 33.0. The molecule has 1 N–H and O–H groups in total. The van der Waals surface area contributed by atoms with Crippen LogP contribution in [0.3, 0.4) is 0 Å². The second-order valence-corrected chi connectivity index (χ2v) is 18.2. The molecule has 0 aromatic heterocycles. The molecule has 2 fully saturated rings. The minimum absolute atomic E-state index is 0.0166. The summed E-state index contributed by atoms with van der Waals surface area (Å²) in [6.07, 6.45) is -3.18. The van der Waals surface area contributed by atoms with E-state index in [0.29, 0.717) is 0 Å². The Morgan fingerprint density at radius 1 is 0.804 bits per heavy atom. The Bertz CT molecular complexity index is 1570. The lowest BCUT2D eigenvalue weighted by Gasteiger charge is -2.47. The van der Waals surface area contributed by atoms with Gasteiger partial charge in [0.05, 0.1) is 19.8 Å². The topological polar surface area (TPSA) is 75.6 Å². The number of methoxy groups -OCH3 is 1. The Hall–Kier alpha value is -2.92. The molecule has 7 nitrogen and oxygen atoms in total. The molecule has 6 rings (SSSR count). The summed E-state index contributed by atoms with van der Waals surface area (Å²) in [4.78, 5) is 0. The third-order valence-electron chi connectivity index (χ3n) is 9.27. The van der Waals surface area contributed by atoms with Crippen molar-refractivity contribution >= 4 is 29.5 Å². The Morgan fingerprint density at radius 2 is 1.41 bits per heavy atom. The number of hydrogen-bond donors (Lipinski definition) is 1. The van der Waals surface area contributed by atoms with Gasteiger partial charge >= 0.3 is 0 Å². The van der Waals surface area contributed by atoms with Crippen LogP contribution in [0.4, 0.5) is 0 Å². The van der Waals surface area contributed by atoms with Gasteiger partial charge in [-0.05, 0) is 51.7 Å². The summed E-state index contributed by atoms with van der Waals surface area (Å²) < 4.78 is 39.1. The zero-order valence-electron chi connectivity index (χ0n) is 27.6. The summed E-state index contributed by atoms with van der Waals surface area (Å²) >= 11 is 0. The molecule has 46 heavy (non-hydrogen) atoms. The molecule has 4 aromatic carbocycles. The van der Waals surface area contributed by atoms with Crippen molar-refractivity contribution in [3.05, 3.63) is 109 Å². The highest BCUT2D eigenvalue weighted by Gasteiger charge is 2.66. The number of fused-ring (bicyclic) bond motifs is 2. The van der Waals surface area contributed by atoms with Crippen LogP contribution in [0, 0.1) is 0 Å². The van der Waals surface area contributed by atoms with E-state index in [2.05, 4.69) is 99.6 Å². The molecule has 244 valence electrons. The third-order valence-corrected chi connectivity index (χ3v) is 14.2. The molecule has 0 aliphatic carbocycles. The first-order valence-corrected chi connectivity index (χ1v) is 17.9. The summed E-state index contributed by atoms with van der Waals surface area (Å²) in [5, 5.41) is 16.2. The maximum absolute atomic E-state index is 11.9. The number of rotatable bonds is 11. The number of aliphatic hydroxyl groups excluding tert-OH is 1. The van der Waals surface area contributed by atoms with Crippen molar-refractivity contribution < 1.29 is 33.2 Å². The summed E-state index contributed by atoms with van der Waals surface area (Å²) in [7, 11) is -1.45. The van der Waals surface area contributed by atoms with Crippen LogP contribution in [0.15, 0.2) is 103 Å². The number of aliphatic hydroxyl groups is 1. The minimum Gasteiger partial charge on any atom is -0.404 e. The molecule has 0 bridgehead atoms.